The number of nitrogens with zero attached hydrogens (tertiary/aromatic N) is 2. The molecule has 0 radical (unpaired) electrons. The molecule has 4 nitrogen and oxygen atoms in total. The summed E-state index contributed by atoms with van der Waals surface area (Å²) in [7, 11) is 0. The van der Waals surface area contributed by atoms with Crippen molar-refractivity contribution in [3.05, 3.63) is 64.5 Å². The van der Waals surface area contributed by atoms with Gasteiger partial charge in [-0.3, -0.25) is 4.79 Å². The maximum atomic E-state index is 12.4. The number of amides is 1. The fourth-order valence-corrected chi connectivity index (χ4v) is 3.61. The average Bonchev–Trinajstić information content (AvgIpc) is 3.08. The number of carbonyl (C=O) groups excluding carboxylic acids is 1. The summed E-state index contributed by atoms with van der Waals surface area (Å²) < 4.78 is 5.61. The molecule has 2 heterocycles. The summed E-state index contributed by atoms with van der Waals surface area (Å²) in [6.45, 7) is 2.72. The molecule has 0 fully saturated rings. The van der Waals surface area contributed by atoms with Gasteiger partial charge in [0.25, 0.3) is 5.91 Å². The van der Waals surface area contributed by atoms with Crippen molar-refractivity contribution in [1.82, 2.24) is 4.98 Å². The van der Waals surface area contributed by atoms with Crippen molar-refractivity contribution < 1.29 is 9.53 Å². The summed E-state index contributed by atoms with van der Waals surface area (Å²) in [6.07, 6.45) is 0.812. The Morgan fingerprint density at radius 3 is 2.80 bits per heavy atom. The number of benzene rings is 2. The first-order chi connectivity index (χ1) is 12.2. The molecule has 0 unspecified atom stereocenters. The van der Waals surface area contributed by atoms with Gasteiger partial charge in [0.2, 0.25) is 0 Å². The smallest absolute Gasteiger partial charge is 0.265 e. The van der Waals surface area contributed by atoms with Gasteiger partial charge in [0.1, 0.15) is 5.75 Å². The van der Waals surface area contributed by atoms with Gasteiger partial charge in [-0.05, 0) is 37.1 Å². The summed E-state index contributed by atoms with van der Waals surface area (Å²) in [4.78, 5) is 18.8. The topological polar surface area (TPSA) is 42.4 Å². The molecule has 25 heavy (non-hydrogen) atoms. The zero-order valence-corrected chi connectivity index (χ0v) is 14.8. The van der Waals surface area contributed by atoms with Gasteiger partial charge in [0.15, 0.2) is 6.61 Å². The number of rotatable bonds is 4. The van der Waals surface area contributed by atoms with Gasteiger partial charge in [-0.2, -0.15) is 0 Å². The molecule has 0 saturated heterocycles. The fraction of sp³-hybridized carbons (Fsp3) is 0.200. The van der Waals surface area contributed by atoms with E-state index in [1.807, 2.05) is 53.6 Å². The standard InChI is InChI=1S/C20H18N2O2S/c1-14-21-17(13-25-14)16-7-8-19-18(11-16)22(20(23)12-24-19)10-9-15-5-3-2-4-6-15/h2-8,11,13H,9-10,12H2,1H3. The predicted molar refractivity (Wildman–Crippen MR) is 100 cm³/mol. The molecule has 1 amide bonds. The van der Waals surface area contributed by atoms with E-state index in [1.165, 1.54) is 5.56 Å². The SMILES string of the molecule is Cc1nc(-c2ccc3c(c2)N(CCc2ccccc2)C(=O)CO3)cs1. The quantitative estimate of drug-likeness (QED) is 0.712. The molecule has 0 atom stereocenters. The fourth-order valence-electron chi connectivity index (χ4n) is 2.99. The number of fused-ring (bicyclic) bond motifs is 1. The second-order valence-electron chi connectivity index (χ2n) is 6.00. The van der Waals surface area contributed by atoms with Crippen molar-refractivity contribution in [1.29, 1.82) is 0 Å². The Bertz CT molecular complexity index is 905. The van der Waals surface area contributed by atoms with E-state index in [9.17, 15) is 4.79 Å². The van der Waals surface area contributed by atoms with E-state index in [0.717, 1.165) is 34.1 Å². The van der Waals surface area contributed by atoms with Gasteiger partial charge < -0.3 is 9.64 Å². The average molecular weight is 350 g/mol. The lowest BCUT2D eigenvalue weighted by Crippen LogP contribution is -2.40. The van der Waals surface area contributed by atoms with E-state index in [0.29, 0.717) is 6.54 Å². The molecule has 1 aliphatic rings. The highest BCUT2D eigenvalue weighted by Crippen LogP contribution is 2.36. The molecule has 3 aromatic rings. The first-order valence-corrected chi connectivity index (χ1v) is 9.12. The van der Waals surface area contributed by atoms with Crippen LogP contribution in [0.2, 0.25) is 0 Å². The van der Waals surface area contributed by atoms with Crippen LogP contribution in [-0.2, 0) is 11.2 Å². The molecule has 0 spiro atoms. The number of carbonyl (C=O) groups is 1. The molecule has 0 saturated carbocycles. The molecule has 1 aromatic heterocycles. The van der Waals surface area contributed by atoms with Crippen LogP contribution < -0.4 is 9.64 Å². The second-order valence-corrected chi connectivity index (χ2v) is 7.07. The molecular formula is C20H18N2O2S. The molecule has 5 heteroatoms. The zero-order chi connectivity index (χ0) is 17.2. The summed E-state index contributed by atoms with van der Waals surface area (Å²) >= 11 is 1.62. The summed E-state index contributed by atoms with van der Waals surface area (Å²) in [5.41, 5.74) is 3.99. The van der Waals surface area contributed by atoms with Crippen molar-refractivity contribution >= 4 is 22.9 Å². The normalized spacial score (nSPS) is 13.5. The lowest BCUT2D eigenvalue weighted by Gasteiger charge is -2.29. The predicted octanol–water partition coefficient (Wildman–Crippen LogP) is 4.09. The van der Waals surface area contributed by atoms with Crippen LogP contribution in [0.3, 0.4) is 0 Å². The number of hydrogen-bond donors (Lipinski definition) is 0. The van der Waals surface area contributed by atoms with E-state index in [-0.39, 0.29) is 12.5 Å². The Kier molecular flexibility index (Phi) is 4.24. The van der Waals surface area contributed by atoms with Crippen LogP contribution in [0.15, 0.2) is 53.9 Å². The van der Waals surface area contributed by atoms with Crippen LogP contribution in [-0.4, -0.2) is 24.0 Å². The Morgan fingerprint density at radius 1 is 1.20 bits per heavy atom. The number of aromatic nitrogens is 1. The second kappa shape index (κ2) is 6.69. The van der Waals surface area contributed by atoms with Crippen LogP contribution in [0.4, 0.5) is 5.69 Å². The van der Waals surface area contributed by atoms with Crippen LogP contribution in [0, 0.1) is 6.92 Å². The molecule has 126 valence electrons. The molecule has 0 N–H and O–H groups in total. The third kappa shape index (κ3) is 3.28. The van der Waals surface area contributed by atoms with Gasteiger partial charge >= 0.3 is 0 Å². The monoisotopic (exact) mass is 350 g/mol. The summed E-state index contributed by atoms with van der Waals surface area (Å²) in [5, 5.41) is 3.07. The third-order valence-corrected chi connectivity index (χ3v) is 5.06. The molecule has 0 bridgehead atoms. The minimum absolute atomic E-state index is 0.00459. The maximum absolute atomic E-state index is 12.4. The van der Waals surface area contributed by atoms with Crippen molar-refractivity contribution in [3.63, 3.8) is 0 Å². The lowest BCUT2D eigenvalue weighted by atomic mass is 10.1. The van der Waals surface area contributed by atoms with Crippen LogP contribution in [0.1, 0.15) is 10.6 Å². The van der Waals surface area contributed by atoms with E-state index in [4.69, 9.17) is 4.74 Å². The largest absolute Gasteiger partial charge is 0.482 e. The molecule has 4 rings (SSSR count). The Balaban J connectivity index is 1.63. The van der Waals surface area contributed by atoms with Crippen molar-refractivity contribution in [3.8, 4) is 17.0 Å². The van der Waals surface area contributed by atoms with Crippen LogP contribution >= 0.6 is 11.3 Å². The highest BCUT2D eigenvalue weighted by atomic mass is 32.1. The summed E-state index contributed by atoms with van der Waals surface area (Å²) in [5.74, 6) is 0.749. The number of anilines is 1. The third-order valence-electron chi connectivity index (χ3n) is 4.28. The van der Waals surface area contributed by atoms with Gasteiger partial charge in [0.05, 0.1) is 16.4 Å². The van der Waals surface area contributed by atoms with Gasteiger partial charge in [-0.15, -0.1) is 11.3 Å². The Hall–Kier alpha value is -2.66. The van der Waals surface area contributed by atoms with Crippen molar-refractivity contribution in [2.45, 2.75) is 13.3 Å². The van der Waals surface area contributed by atoms with Gasteiger partial charge in [-0.25, -0.2) is 4.98 Å². The van der Waals surface area contributed by atoms with E-state index in [2.05, 4.69) is 17.1 Å². The minimum Gasteiger partial charge on any atom is -0.482 e. The van der Waals surface area contributed by atoms with E-state index >= 15 is 0 Å². The van der Waals surface area contributed by atoms with Crippen LogP contribution in [0.25, 0.3) is 11.3 Å². The Labute approximate surface area is 150 Å². The number of hydrogen-bond acceptors (Lipinski definition) is 4. The van der Waals surface area contributed by atoms with Crippen LogP contribution in [0.5, 0.6) is 5.75 Å². The zero-order valence-electron chi connectivity index (χ0n) is 13.9. The van der Waals surface area contributed by atoms with E-state index < -0.39 is 0 Å². The molecular weight excluding hydrogens is 332 g/mol. The highest BCUT2D eigenvalue weighted by Gasteiger charge is 2.25. The highest BCUT2D eigenvalue weighted by molar-refractivity contribution is 7.09. The minimum atomic E-state index is -0.00459. The van der Waals surface area contributed by atoms with Crippen molar-refractivity contribution in [2.75, 3.05) is 18.1 Å². The number of aryl methyl sites for hydroxylation is 1. The maximum Gasteiger partial charge on any atom is 0.265 e. The molecule has 1 aliphatic heterocycles. The first kappa shape index (κ1) is 15.8. The molecule has 2 aromatic carbocycles. The Morgan fingerprint density at radius 2 is 2.04 bits per heavy atom. The lowest BCUT2D eigenvalue weighted by molar-refractivity contribution is -0.121. The first-order valence-electron chi connectivity index (χ1n) is 8.24. The molecule has 0 aliphatic carbocycles. The van der Waals surface area contributed by atoms with Crippen molar-refractivity contribution in [2.24, 2.45) is 0 Å². The number of ether oxygens (including phenoxy) is 1. The van der Waals surface area contributed by atoms with Gasteiger partial charge in [0, 0.05) is 17.5 Å². The number of thiazole rings is 1. The van der Waals surface area contributed by atoms with Gasteiger partial charge in [-0.1, -0.05) is 30.3 Å². The van der Waals surface area contributed by atoms with E-state index in [1.54, 1.807) is 11.3 Å². The summed E-state index contributed by atoms with van der Waals surface area (Å²) in [6, 6.07) is 16.1.